The molecule has 0 aliphatic rings. The van der Waals surface area contributed by atoms with E-state index in [0.29, 0.717) is 11.7 Å². The predicted octanol–water partition coefficient (Wildman–Crippen LogP) is 2.31. The lowest BCUT2D eigenvalue weighted by atomic mass is 10.1. The molecule has 0 saturated carbocycles. The van der Waals surface area contributed by atoms with Crippen molar-refractivity contribution in [1.29, 1.82) is 0 Å². The molecule has 0 atom stereocenters. The number of unbranched alkanes of at least 4 members (excludes halogenated alkanes) is 1. The van der Waals surface area contributed by atoms with E-state index in [1.165, 1.54) is 15.0 Å². The quantitative estimate of drug-likeness (QED) is 0.671. The molecule has 1 aromatic heterocycles. The molecular weight excluding hydrogens is 350 g/mol. The Morgan fingerprint density at radius 1 is 1.27 bits per heavy atom. The van der Waals surface area contributed by atoms with Crippen LogP contribution in [0.25, 0.3) is 0 Å². The van der Waals surface area contributed by atoms with Crippen LogP contribution in [0.5, 0.6) is 0 Å². The molecule has 1 aromatic carbocycles. The predicted molar refractivity (Wildman–Crippen MR) is 111 cm³/mol. The third kappa shape index (κ3) is 4.32. The molecule has 0 amide bonds. The van der Waals surface area contributed by atoms with Gasteiger partial charge >= 0.3 is 5.69 Å². The van der Waals surface area contributed by atoms with Crippen molar-refractivity contribution in [2.24, 2.45) is 0 Å². The summed E-state index contributed by atoms with van der Waals surface area (Å²) in [5.74, 6) is 0.111. The van der Waals surface area contributed by atoms with Gasteiger partial charge in [-0.2, -0.15) is 0 Å². The van der Waals surface area contributed by atoms with E-state index in [1.54, 1.807) is 7.05 Å². The van der Waals surface area contributed by atoms with Crippen molar-refractivity contribution in [3.05, 3.63) is 50.7 Å². The first-order valence-corrected chi connectivity index (χ1v) is 9.06. The van der Waals surface area contributed by atoms with Crippen molar-refractivity contribution in [2.45, 2.75) is 39.7 Å². The lowest BCUT2D eigenvalue weighted by Gasteiger charge is -2.23. The van der Waals surface area contributed by atoms with Crippen LogP contribution >= 0.6 is 12.2 Å². The number of H-pyrrole nitrogens is 1. The van der Waals surface area contributed by atoms with Crippen LogP contribution < -0.4 is 27.2 Å². The Balaban J connectivity index is 2.29. The van der Waals surface area contributed by atoms with Crippen LogP contribution in [0.4, 0.5) is 17.2 Å². The van der Waals surface area contributed by atoms with Gasteiger partial charge in [-0.15, -0.1) is 0 Å². The normalized spacial score (nSPS) is 10.6. The SMILES string of the molecule is CCCCn1c(N)c(N(C)C(=S)Nc2ccc(CC)cc2)c(=O)[nH]c1=O. The van der Waals surface area contributed by atoms with Crippen LogP contribution in [0.3, 0.4) is 0 Å². The van der Waals surface area contributed by atoms with E-state index >= 15 is 0 Å². The van der Waals surface area contributed by atoms with Gasteiger partial charge in [-0.1, -0.05) is 32.4 Å². The minimum absolute atomic E-state index is 0.111. The summed E-state index contributed by atoms with van der Waals surface area (Å²) in [4.78, 5) is 28.1. The molecule has 0 radical (unpaired) electrons. The molecule has 4 N–H and O–H groups in total. The first kappa shape index (κ1) is 19.7. The maximum absolute atomic E-state index is 12.3. The number of nitrogens with zero attached hydrogens (tertiary/aromatic N) is 2. The summed E-state index contributed by atoms with van der Waals surface area (Å²) in [6.45, 7) is 4.55. The second-order valence-corrected chi connectivity index (χ2v) is 6.42. The zero-order valence-electron chi connectivity index (χ0n) is 15.3. The third-order valence-electron chi connectivity index (χ3n) is 4.20. The molecule has 0 fully saturated rings. The largest absolute Gasteiger partial charge is 0.383 e. The van der Waals surface area contributed by atoms with Gasteiger partial charge in [0.25, 0.3) is 5.56 Å². The van der Waals surface area contributed by atoms with E-state index in [-0.39, 0.29) is 11.5 Å². The van der Waals surface area contributed by atoms with E-state index in [9.17, 15) is 9.59 Å². The Labute approximate surface area is 157 Å². The minimum Gasteiger partial charge on any atom is -0.383 e. The molecule has 0 unspecified atom stereocenters. The highest BCUT2D eigenvalue weighted by molar-refractivity contribution is 7.80. The van der Waals surface area contributed by atoms with Crippen molar-refractivity contribution < 1.29 is 0 Å². The van der Waals surface area contributed by atoms with Crippen LogP contribution in [0.15, 0.2) is 33.9 Å². The summed E-state index contributed by atoms with van der Waals surface area (Å²) in [5, 5.41) is 3.40. The van der Waals surface area contributed by atoms with Gasteiger partial charge in [-0.3, -0.25) is 14.3 Å². The maximum atomic E-state index is 12.3. The summed E-state index contributed by atoms with van der Waals surface area (Å²) in [6, 6.07) is 7.87. The first-order chi connectivity index (χ1) is 12.4. The summed E-state index contributed by atoms with van der Waals surface area (Å²) >= 11 is 5.40. The van der Waals surface area contributed by atoms with Crippen LogP contribution in [-0.4, -0.2) is 21.7 Å². The molecule has 0 saturated heterocycles. The molecule has 2 aromatic rings. The second kappa shape index (κ2) is 8.66. The summed E-state index contributed by atoms with van der Waals surface area (Å²) in [6.07, 6.45) is 2.64. The molecular formula is C18H25N5O2S. The topological polar surface area (TPSA) is 96.2 Å². The van der Waals surface area contributed by atoms with Crippen molar-refractivity contribution in [2.75, 3.05) is 23.0 Å². The molecule has 26 heavy (non-hydrogen) atoms. The van der Waals surface area contributed by atoms with E-state index in [1.807, 2.05) is 31.2 Å². The Morgan fingerprint density at radius 2 is 1.92 bits per heavy atom. The van der Waals surface area contributed by atoms with Gasteiger partial charge in [-0.05, 0) is 42.8 Å². The summed E-state index contributed by atoms with van der Waals surface area (Å²) < 4.78 is 1.37. The fourth-order valence-electron chi connectivity index (χ4n) is 2.57. The fraction of sp³-hybridized carbons (Fsp3) is 0.389. The lowest BCUT2D eigenvalue weighted by Crippen LogP contribution is -2.40. The second-order valence-electron chi connectivity index (χ2n) is 6.04. The average molecular weight is 375 g/mol. The smallest absolute Gasteiger partial charge is 0.330 e. The summed E-state index contributed by atoms with van der Waals surface area (Å²) in [5.41, 5.74) is 7.23. The Hall–Kier alpha value is -2.61. The number of thiocarbonyl (C=S) groups is 1. The molecule has 0 aliphatic heterocycles. The van der Waals surface area contributed by atoms with Gasteiger partial charge in [0.15, 0.2) is 5.11 Å². The number of aromatic nitrogens is 2. The van der Waals surface area contributed by atoms with E-state index < -0.39 is 11.2 Å². The lowest BCUT2D eigenvalue weighted by molar-refractivity contribution is 0.605. The highest BCUT2D eigenvalue weighted by Crippen LogP contribution is 2.18. The number of aryl methyl sites for hydroxylation is 1. The number of nitrogens with one attached hydrogen (secondary N) is 2. The van der Waals surface area contributed by atoms with Gasteiger partial charge in [0.05, 0.1) is 0 Å². The number of nitrogens with two attached hydrogens (primary N) is 1. The number of hydrogen-bond donors (Lipinski definition) is 3. The first-order valence-electron chi connectivity index (χ1n) is 8.65. The molecule has 1 heterocycles. The van der Waals surface area contributed by atoms with Crippen LogP contribution in [0.2, 0.25) is 0 Å². The van der Waals surface area contributed by atoms with Crippen molar-refractivity contribution in [1.82, 2.24) is 9.55 Å². The number of aromatic amines is 1. The molecule has 8 heteroatoms. The zero-order valence-corrected chi connectivity index (χ0v) is 16.2. The molecule has 140 valence electrons. The highest BCUT2D eigenvalue weighted by atomic mass is 32.1. The standard InChI is InChI=1S/C18H25N5O2S/c1-4-6-11-23-15(19)14(16(24)21-17(23)25)22(3)18(26)20-13-9-7-12(5-2)8-10-13/h7-10H,4-6,11,19H2,1-3H3,(H,20,26)(H,21,24,25). The molecule has 0 spiro atoms. The number of rotatable bonds is 6. The van der Waals surface area contributed by atoms with Gasteiger partial charge < -0.3 is 16.0 Å². The third-order valence-corrected chi connectivity index (χ3v) is 4.58. The fourth-order valence-corrected chi connectivity index (χ4v) is 2.78. The van der Waals surface area contributed by atoms with Crippen LogP contribution in [0.1, 0.15) is 32.3 Å². The van der Waals surface area contributed by atoms with Crippen molar-refractivity contribution in [3.8, 4) is 0 Å². The molecule has 0 bridgehead atoms. The maximum Gasteiger partial charge on any atom is 0.330 e. The van der Waals surface area contributed by atoms with Crippen molar-refractivity contribution in [3.63, 3.8) is 0 Å². The number of nitrogen functional groups attached to an aromatic ring is 1. The van der Waals surface area contributed by atoms with Crippen LogP contribution in [0, 0.1) is 0 Å². The Bertz CT molecular complexity index is 886. The summed E-state index contributed by atoms with van der Waals surface area (Å²) in [7, 11) is 1.64. The van der Waals surface area contributed by atoms with Crippen LogP contribution in [-0.2, 0) is 13.0 Å². The monoisotopic (exact) mass is 375 g/mol. The van der Waals surface area contributed by atoms with E-state index in [4.69, 9.17) is 18.0 Å². The van der Waals surface area contributed by atoms with Gasteiger partial charge in [-0.25, -0.2) is 4.79 Å². The Morgan fingerprint density at radius 3 is 2.50 bits per heavy atom. The zero-order chi connectivity index (χ0) is 19.3. The molecule has 2 rings (SSSR count). The highest BCUT2D eigenvalue weighted by Gasteiger charge is 2.18. The molecule has 7 nitrogen and oxygen atoms in total. The number of hydrogen-bond acceptors (Lipinski definition) is 4. The minimum atomic E-state index is -0.562. The molecule has 0 aliphatic carbocycles. The Kier molecular flexibility index (Phi) is 6.57. The van der Waals surface area contributed by atoms with Gasteiger partial charge in [0.1, 0.15) is 11.5 Å². The van der Waals surface area contributed by atoms with Gasteiger partial charge in [0.2, 0.25) is 0 Å². The van der Waals surface area contributed by atoms with E-state index in [0.717, 1.165) is 24.9 Å². The number of benzene rings is 1. The average Bonchev–Trinajstić information content (AvgIpc) is 2.61. The van der Waals surface area contributed by atoms with Crippen molar-refractivity contribution >= 4 is 34.5 Å². The number of anilines is 3. The van der Waals surface area contributed by atoms with E-state index in [2.05, 4.69) is 17.2 Å². The van der Waals surface area contributed by atoms with Gasteiger partial charge in [0, 0.05) is 19.3 Å².